The maximum atomic E-state index is 6.24. The monoisotopic (exact) mass is 382 g/mol. The van der Waals surface area contributed by atoms with E-state index in [2.05, 4.69) is 21.1 Å². The smallest absolute Gasteiger partial charge is 0.178 e. The van der Waals surface area contributed by atoms with Gasteiger partial charge in [0.25, 0.3) is 0 Å². The number of halogens is 3. The molecule has 6 heteroatoms. The number of nitrogens with two attached hydrogens (primary N) is 1. The minimum atomic E-state index is 0.299. The zero-order valence-corrected chi connectivity index (χ0v) is 13.7. The van der Waals surface area contributed by atoms with Gasteiger partial charge in [-0.15, -0.1) is 0 Å². The number of aromatic nitrogens is 1. The summed E-state index contributed by atoms with van der Waals surface area (Å²) in [6, 6.07) is 12.8. The number of nitrogen functional groups attached to an aromatic ring is 1. The SMILES string of the molecule is Nc1noc(-c2cc(Cl)ccc2Cl)c1-c1ccccc1Br. The third kappa shape index (κ3) is 2.67. The summed E-state index contributed by atoms with van der Waals surface area (Å²) in [6.07, 6.45) is 0. The number of hydrogen-bond donors (Lipinski definition) is 1. The van der Waals surface area contributed by atoms with E-state index in [0.717, 1.165) is 10.0 Å². The van der Waals surface area contributed by atoms with Crippen LogP contribution in [0.5, 0.6) is 0 Å². The van der Waals surface area contributed by atoms with E-state index in [1.165, 1.54) is 0 Å². The summed E-state index contributed by atoms with van der Waals surface area (Å²) < 4.78 is 6.28. The molecule has 2 aromatic carbocycles. The second-order valence-electron chi connectivity index (χ2n) is 4.38. The Kier molecular flexibility index (Phi) is 3.93. The van der Waals surface area contributed by atoms with Gasteiger partial charge in [-0.1, -0.05) is 62.5 Å². The molecule has 0 fully saturated rings. The molecule has 0 bridgehead atoms. The van der Waals surface area contributed by atoms with Crippen LogP contribution in [0.2, 0.25) is 10.0 Å². The lowest BCUT2D eigenvalue weighted by Crippen LogP contribution is -1.90. The van der Waals surface area contributed by atoms with Crippen molar-refractivity contribution < 1.29 is 4.52 Å². The lowest BCUT2D eigenvalue weighted by atomic mass is 10.0. The highest BCUT2D eigenvalue weighted by atomic mass is 79.9. The minimum absolute atomic E-state index is 0.299. The summed E-state index contributed by atoms with van der Waals surface area (Å²) in [5, 5.41) is 4.94. The van der Waals surface area contributed by atoms with Crippen LogP contribution in [0.3, 0.4) is 0 Å². The van der Waals surface area contributed by atoms with Crippen LogP contribution in [0.1, 0.15) is 0 Å². The lowest BCUT2D eigenvalue weighted by molar-refractivity contribution is 0.436. The van der Waals surface area contributed by atoms with Gasteiger partial charge in [0.15, 0.2) is 11.6 Å². The molecule has 1 aromatic heterocycles. The number of anilines is 1. The van der Waals surface area contributed by atoms with Crippen molar-refractivity contribution in [3.05, 3.63) is 57.0 Å². The third-order valence-corrected chi connectivity index (χ3v) is 4.29. The molecular formula is C15H9BrCl2N2O. The van der Waals surface area contributed by atoms with Gasteiger partial charge in [-0.05, 0) is 24.3 Å². The van der Waals surface area contributed by atoms with Crippen molar-refractivity contribution in [3.8, 4) is 22.5 Å². The van der Waals surface area contributed by atoms with E-state index < -0.39 is 0 Å². The maximum Gasteiger partial charge on any atom is 0.178 e. The highest BCUT2D eigenvalue weighted by Crippen LogP contribution is 2.42. The number of nitrogens with zero attached hydrogens (tertiary/aromatic N) is 1. The van der Waals surface area contributed by atoms with Gasteiger partial charge in [-0.2, -0.15) is 0 Å². The van der Waals surface area contributed by atoms with Crippen molar-refractivity contribution in [2.24, 2.45) is 0 Å². The third-order valence-electron chi connectivity index (χ3n) is 3.03. The van der Waals surface area contributed by atoms with Gasteiger partial charge < -0.3 is 10.3 Å². The molecule has 3 rings (SSSR count). The second kappa shape index (κ2) is 5.72. The van der Waals surface area contributed by atoms with Crippen LogP contribution in [-0.2, 0) is 0 Å². The van der Waals surface area contributed by atoms with Crippen LogP contribution < -0.4 is 5.73 Å². The Morgan fingerprint density at radius 1 is 1.05 bits per heavy atom. The predicted octanol–water partition coefficient (Wildman–Crippen LogP) is 5.66. The first kappa shape index (κ1) is 14.4. The fourth-order valence-corrected chi connectivity index (χ4v) is 2.94. The molecule has 0 aliphatic carbocycles. The van der Waals surface area contributed by atoms with Crippen LogP contribution >= 0.6 is 39.1 Å². The average Bonchev–Trinajstić information content (AvgIpc) is 2.84. The summed E-state index contributed by atoms with van der Waals surface area (Å²) in [5.74, 6) is 0.792. The Labute approximate surface area is 139 Å². The molecule has 1 heterocycles. The van der Waals surface area contributed by atoms with Crippen LogP contribution in [0.25, 0.3) is 22.5 Å². The summed E-state index contributed by atoms with van der Waals surface area (Å²) in [7, 11) is 0. The average molecular weight is 384 g/mol. The Balaban J connectivity index is 2.27. The largest absolute Gasteiger partial charge is 0.380 e. The standard InChI is InChI=1S/C15H9BrCl2N2O/c16-11-4-2-1-3-9(11)13-14(21-20-15(13)19)10-7-8(17)5-6-12(10)18/h1-7H,(H2,19,20). The summed E-state index contributed by atoms with van der Waals surface area (Å²) >= 11 is 15.8. The first-order valence-electron chi connectivity index (χ1n) is 6.03. The molecule has 0 radical (unpaired) electrons. The molecule has 0 saturated heterocycles. The fraction of sp³-hybridized carbons (Fsp3) is 0. The highest BCUT2D eigenvalue weighted by molar-refractivity contribution is 9.10. The highest BCUT2D eigenvalue weighted by Gasteiger charge is 2.21. The van der Waals surface area contributed by atoms with E-state index >= 15 is 0 Å². The molecule has 0 aliphatic rings. The molecule has 0 amide bonds. The zero-order valence-electron chi connectivity index (χ0n) is 10.6. The first-order valence-corrected chi connectivity index (χ1v) is 7.58. The van der Waals surface area contributed by atoms with Gasteiger partial charge in [-0.25, -0.2) is 0 Å². The van der Waals surface area contributed by atoms with E-state index in [9.17, 15) is 0 Å². The Bertz CT molecular complexity index is 817. The first-order chi connectivity index (χ1) is 10.1. The summed E-state index contributed by atoms with van der Waals surface area (Å²) in [4.78, 5) is 0. The van der Waals surface area contributed by atoms with Gasteiger partial charge in [0, 0.05) is 20.6 Å². The topological polar surface area (TPSA) is 52.0 Å². The maximum absolute atomic E-state index is 6.24. The van der Waals surface area contributed by atoms with Gasteiger partial charge in [0.1, 0.15) is 0 Å². The number of hydrogen-bond acceptors (Lipinski definition) is 3. The van der Waals surface area contributed by atoms with E-state index in [1.54, 1.807) is 18.2 Å². The van der Waals surface area contributed by atoms with Crippen LogP contribution in [0, 0.1) is 0 Å². The molecular weight excluding hydrogens is 375 g/mol. The van der Waals surface area contributed by atoms with Crippen molar-refractivity contribution in [3.63, 3.8) is 0 Å². The Morgan fingerprint density at radius 3 is 2.57 bits per heavy atom. The van der Waals surface area contributed by atoms with Gasteiger partial charge >= 0.3 is 0 Å². The molecule has 21 heavy (non-hydrogen) atoms. The minimum Gasteiger partial charge on any atom is -0.380 e. The van der Waals surface area contributed by atoms with E-state index in [1.807, 2.05) is 24.3 Å². The quantitative estimate of drug-likeness (QED) is 0.621. The van der Waals surface area contributed by atoms with E-state index in [-0.39, 0.29) is 0 Å². The van der Waals surface area contributed by atoms with Crippen LogP contribution in [-0.4, -0.2) is 5.16 Å². The fourth-order valence-electron chi connectivity index (χ4n) is 2.08. The van der Waals surface area contributed by atoms with Gasteiger partial charge in [0.2, 0.25) is 0 Å². The Morgan fingerprint density at radius 2 is 1.81 bits per heavy atom. The molecule has 2 N–H and O–H groups in total. The van der Waals surface area contributed by atoms with E-state index in [0.29, 0.717) is 32.8 Å². The number of benzene rings is 2. The number of rotatable bonds is 2. The predicted molar refractivity (Wildman–Crippen MR) is 89.5 cm³/mol. The van der Waals surface area contributed by atoms with Crippen molar-refractivity contribution >= 4 is 44.9 Å². The molecule has 0 spiro atoms. The molecule has 0 unspecified atom stereocenters. The Hall–Kier alpha value is -1.49. The van der Waals surface area contributed by atoms with Crippen molar-refractivity contribution in [1.82, 2.24) is 5.16 Å². The molecule has 0 aliphatic heterocycles. The molecule has 106 valence electrons. The zero-order chi connectivity index (χ0) is 15.0. The van der Waals surface area contributed by atoms with Gasteiger partial charge in [0.05, 0.1) is 10.6 Å². The molecule has 3 nitrogen and oxygen atoms in total. The van der Waals surface area contributed by atoms with Crippen molar-refractivity contribution in [2.75, 3.05) is 5.73 Å². The lowest BCUT2D eigenvalue weighted by Gasteiger charge is -2.07. The second-order valence-corrected chi connectivity index (χ2v) is 6.07. The summed E-state index contributed by atoms with van der Waals surface area (Å²) in [5.41, 5.74) is 8.18. The van der Waals surface area contributed by atoms with Crippen LogP contribution in [0.15, 0.2) is 51.5 Å². The molecule has 3 aromatic rings. The van der Waals surface area contributed by atoms with Crippen molar-refractivity contribution in [1.29, 1.82) is 0 Å². The van der Waals surface area contributed by atoms with Crippen molar-refractivity contribution in [2.45, 2.75) is 0 Å². The normalized spacial score (nSPS) is 10.8. The summed E-state index contributed by atoms with van der Waals surface area (Å²) in [6.45, 7) is 0. The molecule has 0 saturated carbocycles. The molecule has 0 atom stereocenters. The van der Waals surface area contributed by atoms with Gasteiger partial charge in [-0.3, -0.25) is 0 Å². The van der Waals surface area contributed by atoms with E-state index in [4.69, 9.17) is 33.5 Å². The van der Waals surface area contributed by atoms with Crippen LogP contribution in [0.4, 0.5) is 5.82 Å².